The Bertz CT molecular complexity index is 1560. The molecule has 0 radical (unpaired) electrons. The average Bonchev–Trinajstić information content (AvgIpc) is 3.23. The van der Waals surface area contributed by atoms with Crippen molar-refractivity contribution in [2.45, 2.75) is 19.1 Å². The van der Waals surface area contributed by atoms with E-state index in [1.165, 1.54) is 6.20 Å². The maximum Gasteiger partial charge on any atom is 0.417 e. The van der Waals surface area contributed by atoms with E-state index in [0.717, 1.165) is 34.4 Å². The van der Waals surface area contributed by atoms with Gasteiger partial charge >= 0.3 is 6.18 Å². The van der Waals surface area contributed by atoms with Gasteiger partial charge in [0, 0.05) is 45.9 Å². The molecule has 0 saturated carbocycles. The Balaban J connectivity index is 1.31. The lowest BCUT2D eigenvalue weighted by Gasteiger charge is -2.09. The molecule has 5 aromatic rings. The van der Waals surface area contributed by atoms with Crippen molar-refractivity contribution in [3.8, 4) is 0 Å². The SMILES string of the molecule is O=C(NCc1[nH]nc2ccc(Cl)cc12)c1ccnc(Cc2ccc3ncc(C(F)(F)F)cc3c2)c1. The van der Waals surface area contributed by atoms with Gasteiger partial charge in [0.15, 0.2) is 0 Å². The number of fused-ring (bicyclic) bond motifs is 2. The van der Waals surface area contributed by atoms with Crippen molar-refractivity contribution in [1.29, 1.82) is 0 Å². The molecule has 3 aromatic heterocycles. The van der Waals surface area contributed by atoms with Crippen LogP contribution in [-0.2, 0) is 19.1 Å². The molecule has 0 aliphatic carbocycles. The largest absolute Gasteiger partial charge is 0.417 e. The zero-order valence-corrected chi connectivity index (χ0v) is 18.8. The number of carbonyl (C=O) groups excluding carboxylic acids is 1. The van der Waals surface area contributed by atoms with Crippen LogP contribution in [0.15, 0.2) is 67.0 Å². The van der Waals surface area contributed by atoms with Crippen LogP contribution in [0.5, 0.6) is 0 Å². The molecule has 1 amide bonds. The van der Waals surface area contributed by atoms with Crippen molar-refractivity contribution in [1.82, 2.24) is 25.5 Å². The maximum atomic E-state index is 13.0. The van der Waals surface area contributed by atoms with Crippen LogP contribution in [0, 0.1) is 0 Å². The number of aromatic amines is 1. The van der Waals surface area contributed by atoms with Crippen molar-refractivity contribution in [2.75, 3.05) is 0 Å². The normalized spacial score (nSPS) is 11.8. The van der Waals surface area contributed by atoms with Gasteiger partial charge in [-0.3, -0.25) is 19.9 Å². The second kappa shape index (κ2) is 8.99. The Hall–Kier alpha value is -3.98. The lowest BCUT2D eigenvalue weighted by Crippen LogP contribution is -2.23. The van der Waals surface area contributed by atoms with E-state index in [0.29, 0.717) is 33.6 Å². The Morgan fingerprint density at radius 3 is 2.66 bits per heavy atom. The van der Waals surface area contributed by atoms with Crippen molar-refractivity contribution < 1.29 is 18.0 Å². The monoisotopic (exact) mass is 495 g/mol. The first-order valence-corrected chi connectivity index (χ1v) is 11.0. The molecule has 0 fully saturated rings. The summed E-state index contributed by atoms with van der Waals surface area (Å²) in [5.41, 5.74) is 2.92. The van der Waals surface area contributed by atoms with Crippen molar-refractivity contribution in [3.63, 3.8) is 0 Å². The Kier molecular flexibility index (Phi) is 5.86. The molecule has 6 nitrogen and oxygen atoms in total. The van der Waals surface area contributed by atoms with Gasteiger partial charge in [-0.2, -0.15) is 18.3 Å². The number of halogens is 4. The van der Waals surface area contributed by atoms with Crippen molar-refractivity contribution in [2.24, 2.45) is 0 Å². The van der Waals surface area contributed by atoms with Crippen LogP contribution in [0.4, 0.5) is 13.2 Å². The predicted molar refractivity (Wildman–Crippen MR) is 126 cm³/mol. The summed E-state index contributed by atoms with van der Waals surface area (Å²) in [5, 5.41) is 11.7. The minimum atomic E-state index is -4.46. The standard InChI is InChI=1S/C25H17ClF3N5O/c26-18-2-4-22-20(11-18)23(34-33-22)13-32-24(35)15-5-6-30-19(10-15)8-14-1-3-21-16(7-14)9-17(12-31-21)25(27,28)29/h1-7,9-12H,8,13H2,(H,32,35)(H,33,34). The lowest BCUT2D eigenvalue weighted by atomic mass is 10.0. The molecule has 0 aliphatic rings. The molecular formula is C25H17ClF3N5O. The lowest BCUT2D eigenvalue weighted by molar-refractivity contribution is -0.137. The van der Waals surface area contributed by atoms with E-state index < -0.39 is 11.7 Å². The fraction of sp³-hybridized carbons (Fsp3) is 0.120. The first-order chi connectivity index (χ1) is 16.8. The van der Waals surface area contributed by atoms with Crippen LogP contribution in [0.25, 0.3) is 21.8 Å². The summed E-state index contributed by atoms with van der Waals surface area (Å²) in [4.78, 5) is 20.9. The fourth-order valence-corrected chi connectivity index (χ4v) is 3.98. The van der Waals surface area contributed by atoms with Gasteiger partial charge in [-0.05, 0) is 54.1 Å². The number of amides is 1. The van der Waals surface area contributed by atoms with Gasteiger partial charge in [0.25, 0.3) is 5.91 Å². The number of alkyl halides is 3. The minimum Gasteiger partial charge on any atom is -0.346 e. The molecule has 0 aliphatic heterocycles. The number of nitrogens with zero attached hydrogens (tertiary/aromatic N) is 3. The molecule has 3 heterocycles. The molecule has 176 valence electrons. The first-order valence-electron chi connectivity index (χ1n) is 10.6. The number of H-pyrrole nitrogens is 1. The van der Waals surface area contributed by atoms with Crippen molar-refractivity contribution in [3.05, 3.63) is 100 Å². The smallest absolute Gasteiger partial charge is 0.346 e. The van der Waals surface area contributed by atoms with E-state index in [9.17, 15) is 18.0 Å². The fourth-order valence-electron chi connectivity index (χ4n) is 3.81. The zero-order chi connectivity index (χ0) is 24.6. The third-order valence-corrected chi connectivity index (χ3v) is 5.79. The van der Waals surface area contributed by atoms with Crippen LogP contribution >= 0.6 is 11.6 Å². The molecule has 10 heteroatoms. The van der Waals surface area contributed by atoms with Gasteiger partial charge in [-0.15, -0.1) is 0 Å². The molecule has 0 spiro atoms. The van der Waals surface area contributed by atoms with Gasteiger partial charge < -0.3 is 5.32 Å². The molecular weight excluding hydrogens is 479 g/mol. The molecule has 2 aromatic carbocycles. The molecule has 0 bridgehead atoms. The summed E-state index contributed by atoms with van der Waals surface area (Å²) in [6.45, 7) is 0.229. The predicted octanol–water partition coefficient (Wildman–Crippen LogP) is 5.70. The highest BCUT2D eigenvalue weighted by molar-refractivity contribution is 6.31. The van der Waals surface area contributed by atoms with Crippen LogP contribution in [0.1, 0.15) is 32.9 Å². The molecule has 0 saturated heterocycles. The first kappa shape index (κ1) is 22.8. The second-order valence-corrected chi connectivity index (χ2v) is 8.44. The van der Waals surface area contributed by atoms with E-state index in [-0.39, 0.29) is 12.5 Å². The Labute approximate surface area is 202 Å². The van der Waals surface area contributed by atoms with Crippen LogP contribution in [-0.4, -0.2) is 26.1 Å². The highest BCUT2D eigenvalue weighted by Gasteiger charge is 2.31. The molecule has 0 unspecified atom stereocenters. The Morgan fingerprint density at radius 2 is 1.83 bits per heavy atom. The number of pyridine rings is 2. The van der Waals surface area contributed by atoms with Crippen LogP contribution < -0.4 is 5.32 Å². The number of hydrogen-bond donors (Lipinski definition) is 2. The maximum absolute atomic E-state index is 13.0. The highest BCUT2D eigenvalue weighted by Crippen LogP contribution is 2.30. The van der Waals surface area contributed by atoms with E-state index in [1.54, 1.807) is 48.5 Å². The third-order valence-electron chi connectivity index (χ3n) is 5.56. The molecule has 35 heavy (non-hydrogen) atoms. The van der Waals surface area contributed by atoms with Gasteiger partial charge in [-0.25, -0.2) is 0 Å². The van der Waals surface area contributed by atoms with Gasteiger partial charge in [0.2, 0.25) is 0 Å². The second-order valence-electron chi connectivity index (χ2n) is 8.01. The summed E-state index contributed by atoms with van der Waals surface area (Å²) >= 11 is 6.06. The number of nitrogens with one attached hydrogen (secondary N) is 2. The summed E-state index contributed by atoms with van der Waals surface area (Å²) in [6.07, 6.45) is -1.77. The number of hydrogen-bond acceptors (Lipinski definition) is 4. The van der Waals surface area contributed by atoms with Gasteiger partial charge in [-0.1, -0.05) is 17.7 Å². The summed E-state index contributed by atoms with van der Waals surface area (Å²) < 4.78 is 39.1. The average molecular weight is 496 g/mol. The number of benzene rings is 2. The molecule has 0 atom stereocenters. The quantitative estimate of drug-likeness (QED) is 0.327. The van der Waals surface area contributed by atoms with E-state index in [2.05, 4.69) is 25.5 Å². The number of rotatable bonds is 5. The summed E-state index contributed by atoms with van der Waals surface area (Å²) in [5.74, 6) is -0.295. The van der Waals surface area contributed by atoms with Gasteiger partial charge in [0.05, 0.1) is 28.8 Å². The molecule has 5 rings (SSSR count). The van der Waals surface area contributed by atoms with E-state index >= 15 is 0 Å². The number of aromatic nitrogens is 4. The topological polar surface area (TPSA) is 83.6 Å². The van der Waals surface area contributed by atoms with Crippen molar-refractivity contribution >= 4 is 39.3 Å². The number of carbonyl (C=O) groups is 1. The molecule has 2 N–H and O–H groups in total. The van der Waals surface area contributed by atoms with E-state index in [4.69, 9.17) is 11.6 Å². The summed E-state index contributed by atoms with van der Waals surface area (Å²) in [6, 6.07) is 14.8. The van der Waals surface area contributed by atoms with Crippen LogP contribution in [0.3, 0.4) is 0 Å². The van der Waals surface area contributed by atoms with E-state index in [1.807, 2.05) is 0 Å². The van der Waals surface area contributed by atoms with Crippen LogP contribution in [0.2, 0.25) is 5.02 Å². The third kappa shape index (κ3) is 4.95. The highest BCUT2D eigenvalue weighted by atomic mass is 35.5. The Morgan fingerprint density at radius 1 is 1.00 bits per heavy atom. The minimum absolute atomic E-state index is 0.229. The summed E-state index contributed by atoms with van der Waals surface area (Å²) in [7, 11) is 0. The zero-order valence-electron chi connectivity index (χ0n) is 18.0. The van der Waals surface area contributed by atoms with Gasteiger partial charge in [0.1, 0.15) is 0 Å².